The Morgan fingerprint density at radius 3 is 2.43 bits per heavy atom. The van der Waals surface area contributed by atoms with Gasteiger partial charge in [-0.05, 0) is 24.4 Å². The van der Waals surface area contributed by atoms with Crippen LogP contribution in [0.15, 0.2) is 30.3 Å². The second-order valence-electron chi connectivity index (χ2n) is 5.23. The molecule has 0 saturated carbocycles. The number of fused-ring (bicyclic) bond motifs is 1. The van der Waals surface area contributed by atoms with Gasteiger partial charge < -0.3 is 25.2 Å². The van der Waals surface area contributed by atoms with Crippen LogP contribution < -0.4 is 5.32 Å². The standard InChI is InChI=1S/C15H20N2O4/c1-11-6-12-4-2-3-5-13(12)17(11)7-14(21)16-15(8-18,9-19)10-20/h2-6,18-20H,7-10H2,1H3,(H,16,21). The van der Waals surface area contributed by atoms with Gasteiger partial charge in [-0.2, -0.15) is 0 Å². The van der Waals surface area contributed by atoms with Crippen molar-refractivity contribution >= 4 is 16.8 Å². The van der Waals surface area contributed by atoms with E-state index >= 15 is 0 Å². The number of aromatic nitrogens is 1. The largest absolute Gasteiger partial charge is 0.394 e. The van der Waals surface area contributed by atoms with E-state index in [1.54, 1.807) is 0 Å². The summed E-state index contributed by atoms with van der Waals surface area (Å²) in [5, 5.41) is 31.3. The maximum absolute atomic E-state index is 12.1. The second kappa shape index (κ2) is 6.26. The molecule has 1 aromatic heterocycles. The van der Waals surface area contributed by atoms with Crippen molar-refractivity contribution in [1.29, 1.82) is 0 Å². The molecule has 114 valence electrons. The van der Waals surface area contributed by atoms with Gasteiger partial charge in [0.15, 0.2) is 0 Å². The molecule has 2 rings (SSSR count). The van der Waals surface area contributed by atoms with Crippen molar-refractivity contribution in [3.63, 3.8) is 0 Å². The van der Waals surface area contributed by atoms with E-state index in [0.717, 1.165) is 16.6 Å². The average Bonchev–Trinajstić information content (AvgIpc) is 2.81. The van der Waals surface area contributed by atoms with E-state index in [0.29, 0.717) is 0 Å². The highest BCUT2D eigenvalue weighted by atomic mass is 16.3. The molecule has 6 heteroatoms. The Bertz CT molecular complexity index is 623. The molecule has 0 aliphatic rings. The molecule has 1 amide bonds. The first-order valence-electron chi connectivity index (χ1n) is 6.74. The maximum atomic E-state index is 12.1. The van der Waals surface area contributed by atoms with Crippen LogP contribution in [0.2, 0.25) is 0 Å². The Hall–Kier alpha value is -1.89. The van der Waals surface area contributed by atoms with Crippen molar-refractivity contribution in [2.45, 2.75) is 19.0 Å². The Morgan fingerprint density at radius 1 is 1.19 bits per heavy atom. The molecular formula is C15H20N2O4. The highest BCUT2D eigenvalue weighted by Crippen LogP contribution is 2.19. The third-order valence-electron chi connectivity index (χ3n) is 3.63. The van der Waals surface area contributed by atoms with E-state index in [9.17, 15) is 20.1 Å². The summed E-state index contributed by atoms with van der Waals surface area (Å²) in [7, 11) is 0. The van der Waals surface area contributed by atoms with Crippen LogP contribution >= 0.6 is 0 Å². The van der Waals surface area contributed by atoms with E-state index in [4.69, 9.17) is 0 Å². The minimum absolute atomic E-state index is 0.0566. The number of para-hydroxylation sites is 1. The van der Waals surface area contributed by atoms with Crippen molar-refractivity contribution < 1.29 is 20.1 Å². The summed E-state index contributed by atoms with van der Waals surface area (Å²) in [6.07, 6.45) is 0. The molecule has 0 aliphatic carbocycles. The van der Waals surface area contributed by atoms with Crippen LogP contribution in [-0.4, -0.2) is 51.2 Å². The van der Waals surface area contributed by atoms with E-state index in [1.165, 1.54) is 0 Å². The van der Waals surface area contributed by atoms with Gasteiger partial charge in [-0.1, -0.05) is 18.2 Å². The number of amides is 1. The molecule has 0 unspecified atom stereocenters. The minimum atomic E-state index is -1.39. The van der Waals surface area contributed by atoms with Crippen molar-refractivity contribution in [3.8, 4) is 0 Å². The van der Waals surface area contributed by atoms with Gasteiger partial charge in [0.25, 0.3) is 0 Å². The summed E-state index contributed by atoms with van der Waals surface area (Å²) in [5.74, 6) is -0.378. The lowest BCUT2D eigenvalue weighted by molar-refractivity contribution is -0.125. The van der Waals surface area contributed by atoms with Gasteiger partial charge in [0.2, 0.25) is 5.91 Å². The summed E-state index contributed by atoms with van der Waals surface area (Å²) >= 11 is 0. The van der Waals surface area contributed by atoms with Crippen LogP contribution in [0.4, 0.5) is 0 Å². The molecule has 0 aliphatic heterocycles. The molecule has 4 N–H and O–H groups in total. The number of aliphatic hydroxyl groups is 3. The number of nitrogens with one attached hydrogen (secondary N) is 1. The fourth-order valence-corrected chi connectivity index (χ4v) is 2.31. The van der Waals surface area contributed by atoms with Crippen LogP contribution in [0, 0.1) is 6.92 Å². The summed E-state index contributed by atoms with van der Waals surface area (Å²) in [6.45, 7) is 0.372. The monoisotopic (exact) mass is 292 g/mol. The molecule has 0 bridgehead atoms. The predicted octanol–water partition coefficient (Wildman–Crippen LogP) is -0.218. The van der Waals surface area contributed by atoms with Crippen LogP contribution in [0.5, 0.6) is 0 Å². The lowest BCUT2D eigenvalue weighted by Gasteiger charge is -2.28. The zero-order chi connectivity index (χ0) is 15.5. The van der Waals surface area contributed by atoms with Gasteiger partial charge in [-0.3, -0.25) is 4.79 Å². The molecule has 0 spiro atoms. The number of carbonyl (C=O) groups excluding carboxylic acids is 1. The van der Waals surface area contributed by atoms with Crippen molar-refractivity contribution in [3.05, 3.63) is 36.0 Å². The Kier molecular flexibility index (Phi) is 4.62. The van der Waals surface area contributed by atoms with Gasteiger partial charge in [0.05, 0.1) is 19.8 Å². The summed E-state index contributed by atoms with van der Waals surface area (Å²) in [4.78, 5) is 12.1. The van der Waals surface area contributed by atoms with Crippen LogP contribution in [0.25, 0.3) is 10.9 Å². The van der Waals surface area contributed by atoms with Gasteiger partial charge in [0.1, 0.15) is 12.1 Å². The van der Waals surface area contributed by atoms with Crippen LogP contribution in [0.3, 0.4) is 0 Å². The first kappa shape index (κ1) is 15.5. The van der Waals surface area contributed by atoms with Crippen LogP contribution in [-0.2, 0) is 11.3 Å². The number of hydrogen-bond donors (Lipinski definition) is 4. The summed E-state index contributed by atoms with van der Waals surface area (Å²) in [6, 6.07) is 9.71. The molecule has 1 aromatic carbocycles. The minimum Gasteiger partial charge on any atom is -0.394 e. The number of carbonyl (C=O) groups is 1. The summed E-state index contributed by atoms with van der Waals surface area (Å²) in [5.41, 5.74) is 0.482. The topological polar surface area (TPSA) is 94.7 Å². The quantitative estimate of drug-likeness (QED) is 0.592. The Balaban J connectivity index is 2.20. The van der Waals surface area contributed by atoms with Gasteiger partial charge in [0, 0.05) is 11.2 Å². The second-order valence-corrected chi connectivity index (χ2v) is 5.23. The highest BCUT2D eigenvalue weighted by Gasteiger charge is 2.30. The zero-order valence-corrected chi connectivity index (χ0v) is 11.9. The fraction of sp³-hybridized carbons (Fsp3) is 0.400. The number of hydrogen-bond acceptors (Lipinski definition) is 4. The van der Waals surface area contributed by atoms with E-state index in [2.05, 4.69) is 5.32 Å². The predicted molar refractivity (Wildman–Crippen MR) is 78.8 cm³/mol. The zero-order valence-electron chi connectivity index (χ0n) is 11.9. The smallest absolute Gasteiger partial charge is 0.240 e. The number of aryl methyl sites for hydroxylation is 1. The van der Waals surface area contributed by atoms with E-state index in [-0.39, 0.29) is 12.5 Å². The first-order chi connectivity index (χ1) is 10.0. The highest BCUT2D eigenvalue weighted by molar-refractivity contribution is 5.84. The molecule has 6 nitrogen and oxygen atoms in total. The molecule has 0 fully saturated rings. The van der Waals surface area contributed by atoms with Gasteiger partial charge in [-0.15, -0.1) is 0 Å². The number of aliphatic hydroxyl groups excluding tert-OH is 3. The molecule has 0 saturated heterocycles. The molecule has 21 heavy (non-hydrogen) atoms. The molecular weight excluding hydrogens is 272 g/mol. The van der Waals surface area contributed by atoms with Crippen LogP contribution in [0.1, 0.15) is 5.69 Å². The van der Waals surface area contributed by atoms with Crippen molar-refractivity contribution in [2.24, 2.45) is 0 Å². The molecule has 0 atom stereocenters. The lowest BCUT2D eigenvalue weighted by atomic mass is 10.0. The number of nitrogens with zero attached hydrogens (tertiary/aromatic N) is 1. The first-order valence-corrected chi connectivity index (χ1v) is 6.74. The number of benzene rings is 1. The lowest BCUT2D eigenvalue weighted by Crippen LogP contribution is -2.57. The average molecular weight is 292 g/mol. The van der Waals surface area contributed by atoms with Crippen molar-refractivity contribution in [1.82, 2.24) is 9.88 Å². The Labute approximate surface area is 122 Å². The molecule has 2 aromatic rings. The van der Waals surface area contributed by atoms with Gasteiger partial charge >= 0.3 is 0 Å². The van der Waals surface area contributed by atoms with E-state index in [1.807, 2.05) is 41.8 Å². The van der Waals surface area contributed by atoms with Gasteiger partial charge in [-0.25, -0.2) is 0 Å². The maximum Gasteiger partial charge on any atom is 0.240 e. The number of rotatable bonds is 6. The van der Waals surface area contributed by atoms with Crippen molar-refractivity contribution in [2.75, 3.05) is 19.8 Å². The third-order valence-corrected chi connectivity index (χ3v) is 3.63. The molecule has 0 radical (unpaired) electrons. The SMILES string of the molecule is Cc1cc2ccccc2n1CC(=O)NC(CO)(CO)CO. The third kappa shape index (κ3) is 3.07. The molecule has 1 heterocycles. The Morgan fingerprint density at radius 2 is 1.81 bits per heavy atom. The van der Waals surface area contributed by atoms with E-state index < -0.39 is 25.4 Å². The summed E-state index contributed by atoms with van der Waals surface area (Å²) < 4.78 is 1.85. The normalized spacial score (nSPS) is 11.8. The fourth-order valence-electron chi connectivity index (χ4n) is 2.31.